The summed E-state index contributed by atoms with van der Waals surface area (Å²) in [6, 6.07) is 13.3. The first-order valence-corrected chi connectivity index (χ1v) is 7.67. The van der Waals surface area contributed by atoms with Crippen molar-refractivity contribution in [3.63, 3.8) is 0 Å². The van der Waals surface area contributed by atoms with Crippen LogP contribution >= 0.6 is 0 Å². The lowest BCUT2D eigenvalue weighted by Gasteiger charge is -2.11. The van der Waals surface area contributed by atoms with Gasteiger partial charge in [0.15, 0.2) is 5.69 Å². The van der Waals surface area contributed by atoms with Crippen molar-refractivity contribution in [1.82, 2.24) is 10.2 Å². The van der Waals surface area contributed by atoms with Crippen LogP contribution in [0.1, 0.15) is 29.4 Å². The number of anilines is 1. The summed E-state index contributed by atoms with van der Waals surface area (Å²) in [5.74, 6) is 0.410. The Morgan fingerprint density at radius 1 is 1.26 bits per heavy atom. The Kier molecular flexibility index (Phi) is 4.28. The van der Waals surface area contributed by atoms with Gasteiger partial charge in [0.1, 0.15) is 5.75 Å². The number of carbonyl (C=O) groups excluding carboxylic acids is 1. The number of fused-ring (bicyclic) bond motifs is 1. The fraction of sp³-hybridized carbons (Fsp3) is 0.222. The first kappa shape index (κ1) is 15.1. The fourth-order valence-electron chi connectivity index (χ4n) is 2.39. The normalized spacial score (nSPS) is 10.7. The number of hydrogen-bond acceptors (Lipinski definition) is 3. The lowest BCUT2D eigenvalue weighted by atomic mass is 10.1. The van der Waals surface area contributed by atoms with E-state index in [2.05, 4.69) is 15.5 Å². The summed E-state index contributed by atoms with van der Waals surface area (Å²) in [5.41, 5.74) is 2.96. The molecule has 3 rings (SSSR count). The SMILES string of the molecule is CCCOc1ccccc1NC(=O)c1n[nH]c2ccc(C)cc12. The monoisotopic (exact) mass is 309 g/mol. The molecule has 0 spiro atoms. The molecule has 23 heavy (non-hydrogen) atoms. The second-order valence-corrected chi connectivity index (χ2v) is 5.42. The van der Waals surface area contributed by atoms with Crippen LogP contribution in [0.25, 0.3) is 10.9 Å². The highest BCUT2D eigenvalue weighted by Gasteiger charge is 2.16. The van der Waals surface area contributed by atoms with Gasteiger partial charge >= 0.3 is 0 Å². The third-order valence-corrected chi connectivity index (χ3v) is 3.53. The van der Waals surface area contributed by atoms with Gasteiger partial charge in [0, 0.05) is 5.39 Å². The van der Waals surface area contributed by atoms with Gasteiger partial charge in [0.05, 0.1) is 17.8 Å². The second-order valence-electron chi connectivity index (χ2n) is 5.42. The number of hydrogen-bond donors (Lipinski definition) is 2. The molecule has 0 aliphatic carbocycles. The Hall–Kier alpha value is -2.82. The summed E-state index contributed by atoms with van der Waals surface area (Å²) < 4.78 is 5.67. The topological polar surface area (TPSA) is 67.0 Å². The molecule has 0 saturated heterocycles. The van der Waals surface area contributed by atoms with Crippen molar-refractivity contribution in [2.45, 2.75) is 20.3 Å². The molecule has 1 heterocycles. The molecule has 0 saturated carbocycles. The van der Waals surface area contributed by atoms with Crippen LogP contribution in [0, 0.1) is 6.92 Å². The van der Waals surface area contributed by atoms with Gasteiger partial charge < -0.3 is 10.1 Å². The maximum Gasteiger partial charge on any atom is 0.276 e. The molecule has 0 radical (unpaired) electrons. The fourth-order valence-corrected chi connectivity index (χ4v) is 2.39. The van der Waals surface area contributed by atoms with Crippen molar-refractivity contribution in [2.75, 3.05) is 11.9 Å². The number of aromatic nitrogens is 2. The second kappa shape index (κ2) is 6.52. The van der Waals surface area contributed by atoms with Gasteiger partial charge in [0.2, 0.25) is 0 Å². The summed E-state index contributed by atoms with van der Waals surface area (Å²) in [5, 5.41) is 10.7. The zero-order valence-corrected chi connectivity index (χ0v) is 13.2. The number of benzene rings is 2. The minimum absolute atomic E-state index is 0.255. The molecule has 0 fully saturated rings. The number of H-pyrrole nitrogens is 1. The van der Waals surface area contributed by atoms with Crippen LogP contribution in [-0.4, -0.2) is 22.7 Å². The molecule has 1 amide bonds. The molecule has 2 aromatic carbocycles. The number of aryl methyl sites for hydroxylation is 1. The molecular weight excluding hydrogens is 290 g/mol. The van der Waals surface area contributed by atoms with Crippen molar-refractivity contribution >= 4 is 22.5 Å². The lowest BCUT2D eigenvalue weighted by Crippen LogP contribution is -2.14. The van der Waals surface area contributed by atoms with Gasteiger partial charge in [-0.05, 0) is 37.6 Å². The maximum atomic E-state index is 12.6. The van der Waals surface area contributed by atoms with E-state index in [0.717, 1.165) is 22.9 Å². The van der Waals surface area contributed by atoms with E-state index in [4.69, 9.17) is 4.74 Å². The minimum Gasteiger partial charge on any atom is -0.491 e. The van der Waals surface area contributed by atoms with Gasteiger partial charge in [-0.1, -0.05) is 30.7 Å². The smallest absolute Gasteiger partial charge is 0.276 e. The Morgan fingerprint density at radius 3 is 2.91 bits per heavy atom. The van der Waals surface area contributed by atoms with Crippen molar-refractivity contribution in [3.8, 4) is 5.75 Å². The molecule has 2 N–H and O–H groups in total. The van der Waals surface area contributed by atoms with E-state index in [0.29, 0.717) is 23.7 Å². The predicted molar refractivity (Wildman–Crippen MR) is 91.0 cm³/mol. The zero-order valence-electron chi connectivity index (χ0n) is 13.2. The summed E-state index contributed by atoms with van der Waals surface area (Å²) in [4.78, 5) is 12.6. The third kappa shape index (κ3) is 3.18. The Bertz CT molecular complexity index is 839. The number of nitrogens with one attached hydrogen (secondary N) is 2. The Morgan fingerprint density at radius 2 is 2.09 bits per heavy atom. The zero-order chi connectivity index (χ0) is 16.2. The number of amides is 1. The van der Waals surface area contributed by atoms with E-state index < -0.39 is 0 Å². The van der Waals surface area contributed by atoms with Crippen LogP contribution in [0.4, 0.5) is 5.69 Å². The molecule has 0 unspecified atom stereocenters. The highest BCUT2D eigenvalue weighted by molar-refractivity contribution is 6.11. The average molecular weight is 309 g/mol. The number of aromatic amines is 1. The molecule has 5 nitrogen and oxygen atoms in total. The first-order chi connectivity index (χ1) is 11.2. The molecule has 0 aliphatic rings. The van der Waals surface area contributed by atoms with Crippen molar-refractivity contribution in [1.29, 1.82) is 0 Å². The van der Waals surface area contributed by atoms with E-state index in [-0.39, 0.29) is 5.91 Å². The molecule has 3 aromatic rings. The molecule has 0 atom stereocenters. The van der Waals surface area contributed by atoms with Gasteiger partial charge in [-0.3, -0.25) is 9.89 Å². The van der Waals surface area contributed by atoms with Gasteiger partial charge in [-0.25, -0.2) is 0 Å². The summed E-state index contributed by atoms with van der Waals surface area (Å²) >= 11 is 0. The molecule has 0 aliphatic heterocycles. The van der Waals surface area contributed by atoms with Crippen LogP contribution < -0.4 is 10.1 Å². The van der Waals surface area contributed by atoms with E-state index in [9.17, 15) is 4.79 Å². The number of ether oxygens (including phenoxy) is 1. The van der Waals surface area contributed by atoms with E-state index in [1.807, 2.05) is 56.3 Å². The van der Waals surface area contributed by atoms with Crippen LogP contribution in [0.5, 0.6) is 5.75 Å². The van der Waals surface area contributed by atoms with Crippen LogP contribution in [-0.2, 0) is 0 Å². The highest BCUT2D eigenvalue weighted by Crippen LogP contribution is 2.25. The van der Waals surface area contributed by atoms with E-state index in [1.54, 1.807) is 0 Å². The minimum atomic E-state index is -0.255. The van der Waals surface area contributed by atoms with Crippen molar-refractivity contribution in [2.24, 2.45) is 0 Å². The average Bonchev–Trinajstić information content (AvgIpc) is 2.97. The molecule has 5 heteroatoms. The molecule has 0 bridgehead atoms. The summed E-state index contributed by atoms with van der Waals surface area (Å²) in [6.45, 7) is 4.64. The molecule has 1 aromatic heterocycles. The largest absolute Gasteiger partial charge is 0.491 e. The Labute approximate surface area is 134 Å². The number of para-hydroxylation sites is 2. The maximum absolute atomic E-state index is 12.6. The predicted octanol–water partition coefficient (Wildman–Crippen LogP) is 3.91. The van der Waals surface area contributed by atoms with Gasteiger partial charge in [0.25, 0.3) is 5.91 Å². The number of rotatable bonds is 5. The van der Waals surface area contributed by atoms with Crippen LogP contribution in [0.15, 0.2) is 42.5 Å². The standard InChI is InChI=1S/C18H19N3O2/c1-3-10-23-16-7-5-4-6-15(16)19-18(22)17-13-11-12(2)8-9-14(13)20-21-17/h4-9,11H,3,10H2,1-2H3,(H,19,22)(H,20,21). The molecular formula is C18H19N3O2. The number of nitrogens with zero attached hydrogens (tertiary/aromatic N) is 1. The van der Waals surface area contributed by atoms with Gasteiger partial charge in [-0.15, -0.1) is 0 Å². The number of carbonyl (C=O) groups is 1. The van der Waals surface area contributed by atoms with Crippen LogP contribution in [0.2, 0.25) is 0 Å². The first-order valence-electron chi connectivity index (χ1n) is 7.67. The summed E-state index contributed by atoms with van der Waals surface area (Å²) in [6.07, 6.45) is 0.908. The highest BCUT2D eigenvalue weighted by atomic mass is 16.5. The molecule has 118 valence electrons. The third-order valence-electron chi connectivity index (χ3n) is 3.53. The van der Waals surface area contributed by atoms with Crippen molar-refractivity contribution < 1.29 is 9.53 Å². The Balaban J connectivity index is 1.88. The van der Waals surface area contributed by atoms with Gasteiger partial charge in [-0.2, -0.15) is 5.10 Å². The van der Waals surface area contributed by atoms with E-state index in [1.165, 1.54) is 0 Å². The lowest BCUT2D eigenvalue weighted by molar-refractivity contribution is 0.102. The van der Waals surface area contributed by atoms with Crippen LogP contribution in [0.3, 0.4) is 0 Å². The quantitative estimate of drug-likeness (QED) is 0.751. The van der Waals surface area contributed by atoms with Crippen molar-refractivity contribution in [3.05, 3.63) is 53.7 Å². The van der Waals surface area contributed by atoms with E-state index >= 15 is 0 Å². The summed E-state index contributed by atoms with van der Waals surface area (Å²) in [7, 11) is 0.